The molecule has 2 nitrogen and oxygen atoms in total. The zero-order chi connectivity index (χ0) is 14.5. The molecule has 0 aromatic heterocycles. The topological polar surface area (TPSA) is 35.8 Å². The van der Waals surface area contributed by atoms with Crippen molar-refractivity contribution in [3.8, 4) is 6.07 Å². The Bertz CT molecular complexity index is 458. The Hall–Kier alpha value is -1.70. The SMILES string of the molecule is CC(C)(C#N)CCCNc1ccccc1C(F)(F)F. The van der Waals surface area contributed by atoms with E-state index in [1.54, 1.807) is 6.07 Å². The van der Waals surface area contributed by atoms with E-state index >= 15 is 0 Å². The number of hydrogen-bond acceptors (Lipinski definition) is 2. The molecular formula is C14H17F3N2. The summed E-state index contributed by atoms with van der Waals surface area (Å²) in [5.41, 5.74) is -1.01. The molecule has 104 valence electrons. The van der Waals surface area contributed by atoms with Crippen LogP contribution in [0.3, 0.4) is 0 Å². The van der Waals surface area contributed by atoms with Crippen molar-refractivity contribution in [3.63, 3.8) is 0 Å². The van der Waals surface area contributed by atoms with Crippen LogP contribution in [0.4, 0.5) is 18.9 Å². The van der Waals surface area contributed by atoms with E-state index in [1.165, 1.54) is 12.1 Å². The summed E-state index contributed by atoms with van der Waals surface area (Å²) < 4.78 is 38.2. The second-order valence-corrected chi connectivity index (χ2v) is 5.07. The van der Waals surface area contributed by atoms with Gasteiger partial charge in [0.25, 0.3) is 0 Å². The average Bonchev–Trinajstić information content (AvgIpc) is 2.34. The van der Waals surface area contributed by atoms with E-state index in [9.17, 15) is 13.2 Å². The molecule has 0 aliphatic heterocycles. The zero-order valence-electron chi connectivity index (χ0n) is 11.0. The Morgan fingerprint density at radius 1 is 1.21 bits per heavy atom. The molecule has 1 rings (SSSR count). The molecule has 0 saturated carbocycles. The van der Waals surface area contributed by atoms with Crippen molar-refractivity contribution in [2.24, 2.45) is 5.41 Å². The number of nitrogens with one attached hydrogen (secondary N) is 1. The molecule has 1 aromatic rings. The molecule has 0 spiro atoms. The molecule has 0 saturated heterocycles. The summed E-state index contributed by atoms with van der Waals surface area (Å²) in [7, 11) is 0. The molecule has 0 aliphatic carbocycles. The fourth-order valence-corrected chi connectivity index (χ4v) is 1.69. The third-order valence-electron chi connectivity index (χ3n) is 2.83. The summed E-state index contributed by atoms with van der Waals surface area (Å²) in [5.74, 6) is 0. The normalized spacial score (nSPS) is 12.0. The van der Waals surface area contributed by atoms with Crippen LogP contribution in [-0.4, -0.2) is 6.54 Å². The van der Waals surface area contributed by atoms with Gasteiger partial charge in [-0.25, -0.2) is 0 Å². The van der Waals surface area contributed by atoms with Crippen LogP contribution in [0.5, 0.6) is 0 Å². The van der Waals surface area contributed by atoms with Crippen LogP contribution in [-0.2, 0) is 6.18 Å². The van der Waals surface area contributed by atoms with Crippen molar-refractivity contribution >= 4 is 5.69 Å². The summed E-state index contributed by atoms with van der Waals surface area (Å²) in [6.07, 6.45) is -3.06. The summed E-state index contributed by atoms with van der Waals surface area (Å²) in [5, 5.41) is 11.6. The van der Waals surface area contributed by atoms with Crippen molar-refractivity contribution in [2.75, 3.05) is 11.9 Å². The first-order valence-corrected chi connectivity index (χ1v) is 6.08. The maximum absolute atomic E-state index is 12.7. The Morgan fingerprint density at radius 2 is 1.84 bits per heavy atom. The molecule has 0 heterocycles. The number of benzene rings is 1. The van der Waals surface area contributed by atoms with Crippen molar-refractivity contribution < 1.29 is 13.2 Å². The van der Waals surface area contributed by atoms with Crippen LogP contribution in [0.2, 0.25) is 0 Å². The molecular weight excluding hydrogens is 253 g/mol. The average molecular weight is 270 g/mol. The van der Waals surface area contributed by atoms with Gasteiger partial charge >= 0.3 is 6.18 Å². The second kappa shape index (κ2) is 5.96. The van der Waals surface area contributed by atoms with E-state index in [-0.39, 0.29) is 5.69 Å². The number of nitrogens with zero attached hydrogens (tertiary/aromatic N) is 1. The number of alkyl halides is 3. The van der Waals surface area contributed by atoms with E-state index < -0.39 is 17.2 Å². The highest BCUT2D eigenvalue weighted by atomic mass is 19.4. The van der Waals surface area contributed by atoms with Gasteiger partial charge in [0, 0.05) is 12.2 Å². The minimum Gasteiger partial charge on any atom is -0.385 e. The summed E-state index contributed by atoms with van der Waals surface area (Å²) >= 11 is 0. The van der Waals surface area contributed by atoms with Crippen LogP contribution in [0.25, 0.3) is 0 Å². The molecule has 1 N–H and O–H groups in total. The number of nitriles is 1. The number of halogens is 3. The number of anilines is 1. The molecule has 0 aliphatic rings. The van der Waals surface area contributed by atoms with Crippen molar-refractivity contribution in [1.82, 2.24) is 0 Å². The number of para-hydroxylation sites is 1. The van der Waals surface area contributed by atoms with Gasteiger partial charge in [-0.2, -0.15) is 18.4 Å². The lowest BCUT2D eigenvalue weighted by atomic mass is 9.90. The van der Waals surface area contributed by atoms with Crippen LogP contribution in [0.15, 0.2) is 24.3 Å². The Morgan fingerprint density at radius 3 is 2.42 bits per heavy atom. The molecule has 0 radical (unpaired) electrons. The second-order valence-electron chi connectivity index (χ2n) is 5.07. The highest BCUT2D eigenvalue weighted by molar-refractivity contribution is 5.52. The number of hydrogen-bond donors (Lipinski definition) is 1. The monoisotopic (exact) mass is 270 g/mol. The molecule has 19 heavy (non-hydrogen) atoms. The van der Waals surface area contributed by atoms with Crippen LogP contribution in [0, 0.1) is 16.7 Å². The molecule has 0 amide bonds. The fraction of sp³-hybridized carbons (Fsp3) is 0.500. The number of rotatable bonds is 5. The Balaban J connectivity index is 2.58. The van der Waals surface area contributed by atoms with Crippen molar-refractivity contribution in [1.29, 1.82) is 5.26 Å². The smallest absolute Gasteiger partial charge is 0.385 e. The van der Waals surface area contributed by atoms with Gasteiger partial charge in [0.2, 0.25) is 0 Å². The summed E-state index contributed by atoms with van der Waals surface area (Å²) in [6, 6.07) is 7.57. The summed E-state index contributed by atoms with van der Waals surface area (Å²) in [6.45, 7) is 4.05. The predicted octanol–water partition coefficient (Wildman–Crippen LogP) is 4.45. The standard InChI is InChI=1S/C14H17F3N2/c1-13(2,10-18)8-5-9-19-12-7-4-3-6-11(12)14(15,16)17/h3-4,6-7,19H,5,8-9H2,1-2H3. The van der Waals surface area contributed by atoms with Gasteiger partial charge in [-0.3, -0.25) is 0 Å². The molecule has 0 unspecified atom stereocenters. The van der Waals surface area contributed by atoms with Gasteiger partial charge in [0.05, 0.1) is 17.0 Å². The Labute approximate surface area is 111 Å². The van der Waals surface area contributed by atoms with E-state index in [2.05, 4.69) is 11.4 Å². The highest BCUT2D eigenvalue weighted by Crippen LogP contribution is 2.34. The van der Waals surface area contributed by atoms with Gasteiger partial charge < -0.3 is 5.32 Å². The maximum atomic E-state index is 12.7. The molecule has 0 bridgehead atoms. The minimum absolute atomic E-state index is 0.0877. The highest BCUT2D eigenvalue weighted by Gasteiger charge is 2.32. The molecule has 5 heteroatoms. The van der Waals surface area contributed by atoms with Crippen molar-refractivity contribution in [2.45, 2.75) is 32.9 Å². The zero-order valence-corrected chi connectivity index (χ0v) is 11.0. The maximum Gasteiger partial charge on any atom is 0.418 e. The van der Waals surface area contributed by atoms with Crippen LogP contribution < -0.4 is 5.32 Å². The first kappa shape index (κ1) is 15.4. The molecule has 1 aromatic carbocycles. The fourth-order valence-electron chi connectivity index (χ4n) is 1.69. The van der Waals surface area contributed by atoms with E-state index in [0.717, 1.165) is 6.07 Å². The van der Waals surface area contributed by atoms with Crippen molar-refractivity contribution in [3.05, 3.63) is 29.8 Å². The van der Waals surface area contributed by atoms with E-state index in [4.69, 9.17) is 5.26 Å². The van der Waals surface area contributed by atoms with Gasteiger partial charge in [-0.1, -0.05) is 12.1 Å². The molecule has 0 fully saturated rings. The predicted molar refractivity (Wildman–Crippen MR) is 68.6 cm³/mol. The first-order chi connectivity index (χ1) is 8.76. The quantitative estimate of drug-likeness (QED) is 0.802. The lowest BCUT2D eigenvalue weighted by Crippen LogP contribution is -2.14. The lowest BCUT2D eigenvalue weighted by molar-refractivity contribution is -0.136. The molecule has 0 atom stereocenters. The van der Waals surface area contributed by atoms with E-state index in [1.807, 2.05) is 13.8 Å². The minimum atomic E-state index is -4.35. The summed E-state index contributed by atoms with van der Waals surface area (Å²) in [4.78, 5) is 0. The first-order valence-electron chi connectivity index (χ1n) is 6.08. The van der Waals surface area contributed by atoms with Gasteiger partial charge in [0.15, 0.2) is 0 Å². The Kier molecular flexibility index (Phi) is 4.82. The van der Waals surface area contributed by atoms with E-state index in [0.29, 0.717) is 19.4 Å². The third-order valence-corrected chi connectivity index (χ3v) is 2.83. The van der Waals surface area contributed by atoms with Gasteiger partial charge in [-0.15, -0.1) is 0 Å². The van der Waals surface area contributed by atoms with Crippen LogP contribution in [0.1, 0.15) is 32.3 Å². The van der Waals surface area contributed by atoms with Crippen LogP contribution >= 0.6 is 0 Å². The largest absolute Gasteiger partial charge is 0.418 e. The third kappa shape index (κ3) is 4.82. The van der Waals surface area contributed by atoms with Gasteiger partial charge in [-0.05, 0) is 38.8 Å². The lowest BCUT2D eigenvalue weighted by Gasteiger charge is -2.17. The van der Waals surface area contributed by atoms with Gasteiger partial charge in [0.1, 0.15) is 0 Å².